The van der Waals surface area contributed by atoms with Gasteiger partial charge in [0.25, 0.3) is 0 Å². The van der Waals surface area contributed by atoms with Crippen LogP contribution in [0.3, 0.4) is 0 Å². The van der Waals surface area contributed by atoms with Crippen LogP contribution in [0.4, 0.5) is 5.69 Å². The number of hydrogen-bond acceptors (Lipinski definition) is 7. The van der Waals surface area contributed by atoms with Gasteiger partial charge in [0.1, 0.15) is 0 Å². The summed E-state index contributed by atoms with van der Waals surface area (Å²) in [6.45, 7) is 1.89. The summed E-state index contributed by atoms with van der Waals surface area (Å²) >= 11 is 0. The molecular formula is C15H23N5O2. The largest absolute Gasteiger partial charge is 0.493 e. The van der Waals surface area contributed by atoms with Crippen molar-refractivity contribution >= 4 is 5.69 Å². The van der Waals surface area contributed by atoms with Crippen molar-refractivity contribution in [2.24, 2.45) is 23.0 Å². The van der Waals surface area contributed by atoms with E-state index in [0.29, 0.717) is 28.5 Å². The minimum atomic E-state index is 0.496. The average molecular weight is 305 g/mol. The number of benzene rings is 1. The summed E-state index contributed by atoms with van der Waals surface area (Å²) in [6.07, 6.45) is 5.68. The molecule has 0 saturated carbocycles. The van der Waals surface area contributed by atoms with Crippen LogP contribution < -0.4 is 37.5 Å². The van der Waals surface area contributed by atoms with Gasteiger partial charge >= 0.3 is 0 Å². The Balaban J connectivity index is 3.33. The van der Waals surface area contributed by atoms with E-state index in [-0.39, 0.29) is 0 Å². The lowest BCUT2D eigenvalue weighted by molar-refractivity contribution is 0.353. The van der Waals surface area contributed by atoms with Gasteiger partial charge < -0.3 is 26.7 Å². The zero-order valence-electron chi connectivity index (χ0n) is 13.0. The van der Waals surface area contributed by atoms with Crippen LogP contribution in [0.1, 0.15) is 5.56 Å². The van der Waals surface area contributed by atoms with E-state index >= 15 is 0 Å². The van der Waals surface area contributed by atoms with Crippen molar-refractivity contribution in [3.8, 4) is 11.5 Å². The fraction of sp³-hybridized carbons (Fsp3) is 0.200. The molecule has 0 atom stereocenters. The minimum absolute atomic E-state index is 0.496. The van der Waals surface area contributed by atoms with Gasteiger partial charge in [-0.3, -0.25) is 5.01 Å². The molecule has 7 heteroatoms. The number of nitrogens with two attached hydrogens (primary N) is 4. The maximum Gasteiger partial charge on any atom is 0.163 e. The molecule has 0 aromatic heterocycles. The maximum absolute atomic E-state index is 6.16. The molecule has 1 rings (SSSR count). The second-order valence-electron chi connectivity index (χ2n) is 4.40. The molecule has 0 aliphatic heterocycles. The molecule has 0 aliphatic rings. The van der Waals surface area contributed by atoms with Crippen molar-refractivity contribution in [3.05, 3.63) is 53.6 Å². The lowest BCUT2D eigenvalue weighted by Gasteiger charge is -2.24. The standard InChI is InChI=1S/C15H23N5O2/c1-10-6-12(7-14(21-2)15(10)22-3)20(19)13(9-18)11(8-17)4-5-16/h4-9H,16-19H2,1-3H3/b5-4-,11-8+,13-9-. The predicted molar refractivity (Wildman–Crippen MR) is 88.8 cm³/mol. The Morgan fingerprint density at radius 2 is 1.77 bits per heavy atom. The van der Waals surface area contributed by atoms with Crippen molar-refractivity contribution < 1.29 is 9.47 Å². The first kappa shape index (κ1) is 17.3. The summed E-state index contributed by atoms with van der Waals surface area (Å²) in [7, 11) is 3.14. The molecule has 0 fully saturated rings. The topological polar surface area (TPSA) is 126 Å². The summed E-state index contributed by atoms with van der Waals surface area (Å²) in [6, 6.07) is 3.60. The second kappa shape index (κ2) is 7.84. The number of anilines is 1. The van der Waals surface area contributed by atoms with Gasteiger partial charge in [-0.2, -0.15) is 0 Å². The smallest absolute Gasteiger partial charge is 0.163 e. The van der Waals surface area contributed by atoms with Gasteiger partial charge in [-0.05, 0) is 30.8 Å². The summed E-state index contributed by atoms with van der Waals surface area (Å²) < 4.78 is 10.6. The van der Waals surface area contributed by atoms with Crippen LogP contribution in [-0.4, -0.2) is 14.2 Å². The normalized spacial score (nSPS) is 12.5. The van der Waals surface area contributed by atoms with E-state index in [1.54, 1.807) is 26.4 Å². The van der Waals surface area contributed by atoms with Gasteiger partial charge in [-0.25, -0.2) is 5.84 Å². The third-order valence-electron chi connectivity index (χ3n) is 3.10. The van der Waals surface area contributed by atoms with E-state index in [4.69, 9.17) is 32.5 Å². The molecule has 0 radical (unpaired) electrons. The number of hydrazine groups is 1. The molecule has 1 aromatic rings. The van der Waals surface area contributed by atoms with E-state index in [1.165, 1.54) is 23.6 Å². The number of hydrogen-bond donors (Lipinski definition) is 4. The molecule has 1 aromatic carbocycles. The van der Waals surface area contributed by atoms with Crippen LogP contribution >= 0.6 is 0 Å². The van der Waals surface area contributed by atoms with Crippen LogP contribution in [0.2, 0.25) is 0 Å². The first-order valence-electron chi connectivity index (χ1n) is 6.53. The van der Waals surface area contributed by atoms with Gasteiger partial charge in [0, 0.05) is 24.0 Å². The molecule has 8 N–H and O–H groups in total. The Morgan fingerprint density at radius 1 is 1.09 bits per heavy atom. The van der Waals surface area contributed by atoms with Crippen molar-refractivity contribution in [2.75, 3.05) is 19.2 Å². The first-order valence-corrected chi connectivity index (χ1v) is 6.53. The molecule has 0 saturated heterocycles. The highest BCUT2D eigenvalue weighted by Crippen LogP contribution is 2.36. The molecule has 0 heterocycles. The Morgan fingerprint density at radius 3 is 2.23 bits per heavy atom. The first-order chi connectivity index (χ1) is 10.5. The Labute approximate surface area is 130 Å². The number of methoxy groups -OCH3 is 2. The zero-order valence-corrected chi connectivity index (χ0v) is 13.0. The van der Waals surface area contributed by atoms with E-state index < -0.39 is 0 Å². The zero-order chi connectivity index (χ0) is 16.7. The Hall–Kier alpha value is -2.80. The number of nitrogens with zero attached hydrogens (tertiary/aromatic N) is 1. The fourth-order valence-corrected chi connectivity index (χ4v) is 2.06. The second-order valence-corrected chi connectivity index (χ2v) is 4.40. The van der Waals surface area contributed by atoms with Crippen molar-refractivity contribution in [3.63, 3.8) is 0 Å². The number of allylic oxidation sites excluding steroid dienone is 1. The Bertz CT molecular complexity index is 608. The van der Waals surface area contributed by atoms with E-state index in [9.17, 15) is 0 Å². The summed E-state index contributed by atoms with van der Waals surface area (Å²) in [5.41, 5.74) is 19.3. The molecule has 22 heavy (non-hydrogen) atoms. The quantitative estimate of drug-likeness (QED) is 0.348. The van der Waals surface area contributed by atoms with E-state index in [1.807, 2.05) is 13.0 Å². The van der Waals surface area contributed by atoms with Crippen LogP contribution in [0.5, 0.6) is 11.5 Å². The minimum Gasteiger partial charge on any atom is -0.493 e. The molecule has 7 nitrogen and oxygen atoms in total. The summed E-state index contributed by atoms with van der Waals surface area (Å²) in [5, 5.41) is 1.40. The maximum atomic E-state index is 6.16. The highest BCUT2D eigenvalue weighted by Gasteiger charge is 2.16. The van der Waals surface area contributed by atoms with Crippen LogP contribution in [-0.2, 0) is 0 Å². The third kappa shape index (κ3) is 3.44. The fourth-order valence-electron chi connectivity index (χ4n) is 2.06. The summed E-state index contributed by atoms with van der Waals surface area (Å²) in [4.78, 5) is 0. The molecule has 0 aliphatic carbocycles. The SMILES string of the molecule is COc1cc(N(N)C(=C\N)/C(/C=C\N)=C/N)cc(C)c1OC. The number of aryl methyl sites for hydroxylation is 1. The van der Waals surface area contributed by atoms with Crippen LogP contribution in [0.25, 0.3) is 0 Å². The average Bonchev–Trinajstić information content (AvgIpc) is 2.53. The highest BCUT2D eigenvalue weighted by atomic mass is 16.5. The Kier molecular flexibility index (Phi) is 6.15. The van der Waals surface area contributed by atoms with Gasteiger partial charge in [0.15, 0.2) is 11.5 Å². The van der Waals surface area contributed by atoms with Gasteiger partial charge in [-0.1, -0.05) is 0 Å². The van der Waals surface area contributed by atoms with Gasteiger partial charge in [0.2, 0.25) is 0 Å². The molecule has 0 spiro atoms. The van der Waals surface area contributed by atoms with Crippen molar-refractivity contribution in [1.29, 1.82) is 0 Å². The predicted octanol–water partition coefficient (Wildman–Crippen LogP) is 0.807. The lowest BCUT2D eigenvalue weighted by Crippen LogP contribution is -2.31. The van der Waals surface area contributed by atoms with Crippen LogP contribution in [0.15, 0.2) is 48.1 Å². The van der Waals surface area contributed by atoms with Gasteiger partial charge in [0.05, 0.1) is 25.6 Å². The van der Waals surface area contributed by atoms with Crippen LogP contribution in [0, 0.1) is 6.92 Å². The van der Waals surface area contributed by atoms with Gasteiger partial charge in [-0.15, -0.1) is 0 Å². The molecule has 0 amide bonds. The summed E-state index contributed by atoms with van der Waals surface area (Å²) in [5.74, 6) is 7.37. The molecule has 0 unspecified atom stereocenters. The molecular weight excluding hydrogens is 282 g/mol. The lowest BCUT2D eigenvalue weighted by atomic mass is 10.1. The molecule has 120 valence electrons. The van der Waals surface area contributed by atoms with Crippen molar-refractivity contribution in [2.45, 2.75) is 6.92 Å². The van der Waals surface area contributed by atoms with Crippen molar-refractivity contribution in [1.82, 2.24) is 0 Å². The molecule has 0 bridgehead atoms. The van der Waals surface area contributed by atoms with E-state index in [0.717, 1.165) is 5.56 Å². The monoisotopic (exact) mass is 305 g/mol. The van der Waals surface area contributed by atoms with E-state index in [2.05, 4.69) is 0 Å². The number of ether oxygens (including phenoxy) is 2. The highest BCUT2D eigenvalue weighted by molar-refractivity contribution is 5.64. The third-order valence-corrected chi connectivity index (χ3v) is 3.10. The number of rotatable bonds is 6.